The fraction of sp³-hybridized carbons (Fsp3) is 0.154. The van der Waals surface area contributed by atoms with Gasteiger partial charge in [0.2, 0.25) is 0 Å². The van der Waals surface area contributed by atoms with Crippen molar-refractivity contribution in [3.05, 3.63) is 41.3 Å². The maximum absolute atomic E-state index is 5.92. The predicted octanol–water partition coefficient (Wildman–Crippen LogP) is 3.48. The molecule has 19 heavy (non-hydrogen) atoms. The highest BCUT2D eigenvalue weighted by atomic mass is 35.5. The average molecular weight is 291 g/mol. The topological polar surface area (TPSA) is 43.1 Å². The van der Waals surface area contributed by atoms with Crippen LogP contribution in [0.4, 0.5) is 0 Å². The van der Waals surface area contributed by atoms with Crippen LogP contribution < -0.4 is 0 Å². The normalized spacial score (nSPS) is 11.1. The molecule has 0 saturated heterocycles. The van der Waals surface area contributed by atoms with Crippen LogP contribution in [0, 0.1) is 6.92 Å². The van der Waals surface area contributed by atoms with Crippen molar-refractivity contribution >= 4 is 29.0 Å². The van der Waals surface area contributed by atoms with E-state index in [0.717, 1.165) is 17.2 Å². The smallest absolute Gasteiger partial charge is 0.169 e. The van der Waals surface area contributed by atoms with Crippen LogP contribution in [-0.4, -0.2) is 25.8 Å². The molecule has 0 radical (unpaired) electrons. The van der Waals surface area contributed by atoms with Gasteiger partial charge in [0.05, 0.1) is 0 Å². The Balaban J connectivity index is 2.19. The minimum absolute atomic E-state index is 0.432. The third kappa shape index (κ3) is 2.19. The van der Waals surface area contributed by atoms with Crippen LogP contribution in [0.15, 0.2) is 35.2 Å². The number of aromatic nitrogens is 4. The second-order valence-electron chi connectivity index (χ2n) is 4.07. The second-order valence-corrected chi connectivity index (χ2v) is 5.34. The monoisotopic (exact) mass is 290 g/mol. The van der Waals surface area contributed by atoms with Crippen molar-refractivity contribution < 1.29 is 0 Å². The van der Waals surface area contributed by atoms with Crippen molar-refractivity contribution in [1.82, 2.24) is 19.6 Å². The molecule has 0 bridgehead atoms. The van der Waals surface area contributed by atoms with Crippen molar-refractivity contribution in [3.8, 4) is 11.4 Å². The average Bonchev–Trinajstić information content (AvgIpc) is 2.83. The summed E-state index contributed by atoms with van der Waals surface area (Å²) in [6, 6.07) is 9.92. The van der Waals surface area contributed by atoms with Gasteiger partial charge in [-0.05, 0) is 25.3 Å². The first kappa shape index (κ1) is 12.4. The van der Waals surface area contributed by atoms with E-state index in [1.807, 2.05) is 23.5 Å². The van der Waals surface area contributed by atoms with Crippen LogP contribution in [0.1, 0.15) is 5.82 Å². The second kappa shape index (κ2) is 4.83. The summed E-state index contributed by atoms with van der Waals surface area (Å²) in [5.74, 6) is 1.56. The Morgan fingerprint density at radius 2 is 1.89 bits per heavy atom. The largest absolute Gasteiger partial charge is 0.263 e. The van der Waals surface area contributed by atoms with E-state index in [9.17, 15) is 0 Å². The van der Waals surface area contributed by atoms with Gasteiger partial charge in [-0.1, -0.05) is 23.7 Å². The van der Waals surface area contributed by atoms with Crippen LogP contribution in [-0.2, 0) is 0 Å². The molecule has 0 unspecified atom stereocenters. The molecule has 0 saturated carbocycles. The molecule has 0 spiro atoms. The Kier molecular flexibility index (Phi) is 3.16. The SMILES string of the molecule is CSc1ccc(-c2nnc3cc(Cl)nc(C)n23)cc1. The lowest BCUT2D eigenvalue weighted by atomic mass is 10.2. The molecule has 0 N–H and O–H groups in total. The number of thioether (sulfide) groups is 1. The van der Waals surface area contributed by atoms with Gasteiger partial charge in [0.1, 0.15) is 11.0 Å². The molecule has 0 aliphatic heterocycles. The van der Waals surface area contributed by atoms with E-state index < -0.39 is 0 Å². The number of nitrogens with zero attached hydrogens (tertiary/aromatic N) is 4. The third-order valence-corrected chi connectivity index (χ3v) is 3.81. The standard InChI is InChI=1S/C13H11ClN4S/c1-8-15-11(14)7-12-16-17-13(18(8)12)9-3-5-10(19-2)6-4-9/h3-7H,1-2H3. The molecule has 0 amide bonds. The minimum atomic E-state index is 0.432. The van der Waals surface area contributed by atoms with Crippen molar-refractivity contribution in [2.75, 3.05) is 6.26 Å². The molecule has 0 fully saturated rings. The number of halogens is 1. The Morgan fingerprint density at radius 1 is 1.16 bits per heavy atom. The maximum Gasteiger partial charge on any atom is 0.169 e. The van der Waals surface area contributed by atoms with Gasteiger partial charge in [-0.3, -0.25) is 4.40 Å². The summed E-state index contributed by atoms with van der Waals surface area (Å²) in [7, 11) is 0. The van der Waals surface area contributed by atoms with E-state index in [1.165, 1.54) is 4.90 Å². The summed E-state index contributed by atoms with van der Waals surface area (Å²) in [6.45, 7) is 1.89. The van der Waals surface area contributed by atoms with Gasteiger partial charge in [0, 0.05) is 16.5 Å². The van der Waals surface area contributed by atoms with E-state index in [0.29, 0.717) is 10.8 Å². The number of rotatable bonds is 2. The van der Waals surface area contributed by atoms with Gasteiger partial charge in [0.15, 0.2) is 11.5 Å². The lowest BCUT2D eigenvalue weighted by Gasteiger charge is -2.04. The van der Waals surface area contributed by atoms with Crippen molar-refractivity contribution in [1.29, 1.82) is 0 Å². The van der Waals surface area contributed by atoms with Crippen molar-refractivity contribution in [2.45, 2.75) is 11.8 Å². The minimum Gasteiger partial charge on any atom is -0.263 e. The molecule has 2 aromatic heterocycles. The molecule has 0 atom stereocenters. The van der Waals surface area contributed by atoms with E-state index in [4.69, 9.17) is 11.6 Å². The molecular formula is C13H11ClN4S. The molecule has 3 rings (SSSR count). The number of benzene rings is 1. The fourth-order valence-corrected chi connectivity index (χ4v) is 2.61. The molecule has 1 aromatic carbocycles. The molecule has 3 aromatic rings. The van der Waals surface area contributed by atoms with E-state index in [2.05, 4.69) is 33.6 Å². The highest BCUT2D eigenvalue weighted by molar-refractivity contribution is 7.98. The molecular weight excluding hydrogens is 280 g/mol. The van der Waals surface area contributed by atoms with E-state index in [1.54, 1.807) is 17.8 Å². The summed E-state index contributed by atoms with van der Waals surface area (Å²) in [5.41, 5.74) is 1.72. The first-order valence-electron chi connectivity index (χ1n) is 5.72. The van der Waals surface area contributed by atoms with Crippen molar-refractivity contribution in [2.24, 2.45) is 0 Å². The van der Waals surface area contributed by atoms with Gasteiger partial charge < -0.3 is 0 Å². The first-order chi connectivity index (χ1) is 9.19. The lowest BCUT2D eigenvalue weighted by Crippen LogP contribution is -1.97. The lowest BCUT2D eigenvalue weighted by molar-refractivity contribution is 0.988. The van der Waals surface area contributed by atoms with Crippen LogP contribution in [0.5, 0.6) is 0 Å². The van der Waals surface area contributed by atoms with Gasteiger partial charge in [-0.25, -0.2) is 4.98 Å². The third-order valence-electron chi connectivity index (χ3n) is 2.88. The number of aryl methyl sites for hydroxylation is 1. The summed E-state index contributed by atoms with van der Waals surface area (Å²) in [6.07, 6.45) is 2.05. The van der Waals surface area contributed by atoms with Gasteiger partial charge in [-0.2, -0.15) is 0 Å². The quantitative estimate of drug-likeness (QED) is 0.535. The zero-order valence-corrected chi connectivity index (χ0v) is 12.0. The number of hydrogen-bond acceptors (Lipinski definition) is 4. The van der Waals surface area contributed by atoms with E-state index >= 15 is 0 Å². The van der Waals surface area contributed by atoms with Gasteiger partial charge in [-0.15, -0.1) is 22.0 Å². The Bertz CT molecular complexity index is 736. The summed E-state index contributed by atoms with van der Waals surface area (Å²) < 4.78 is 1.90. The van der Waals surface area contributed by atoms with Crippen LogP contribution in [0.3, 0.4) is 0 Å². The predicted molar refractivity (Wildman–Crippen MR) is 77.7 cm³/mol. The fourth-order valence-electron chi connectivity index (χ4n) is 1.98. The molecule has 2 heterocycles. The van der Waals surface area contributed by atoms with Crippen LogP contribution in [0.25, 0.3) is 17.0 Å². The summed E-state index contributed by atoms with van der Waals surface area (Å²) >= 11 is 7.63. The molecule has 96 valence electrons. The molecule has 6 heteroatoms. The molecule has 0 aliphatic carbocycles. The Hall–Kier alpha value is -1.59. The van der Waals surface area contributed by atoms with Crippen LogP contribution >= 0.6 is 23.4 Å². The highest BCUT2D eigenvalue weighted by Crippen LogP contribution is 2.23. The van der Waals surface area contributed by atoms with E-state index in [-0.39, 0.29) is 0 Å². The molecule has 0 aliphatic rings. The summed E-state index contributed by atoms with van der Waals surface area (Å²) in [5, 5.41) is 8.81. The highest BCUT2D eigenvalue weighted by Gasteiger charge is 2.11. The van der Waals surface area contributed by atoms with Gasteiger partial charge >= 0.3 is 0 Å². The number of fused-ring (bicyclic) bond motifs is 1. The van der Waals surface area contributed by atoms with Gasteiger partial charge in [0.25, 0.3) is 0 Å². The zero-order valence-electron chi connectivity index (χ0n) is 10.5. The Morgan fingerprint density at radius 3 is 2.58 bits per heavy atom. The summed E-state index contributed by atoms with van der Waals surface area (Å²) in [4.78, 5) is 5.46. The van der Waals surface area contributed by atoms with Crippen LogP contribution in [0.2, 0.25) is 5.15 Å². The maximum atomic E-state index is 5.92. The first-order valence-corrected chi connectivity index (χ1v) is 7.32. The zero-order chi connectivity index (χ0) is 13.4. The molecule has 4 nitrogen and oxygen atoms in total. The number of hydrogen-bond donors (Lipinski definition) is 0. The Labute approximate surface area is 119 Å². The van der Waals surface area contributed by atoms with Crippen molar-refractivity contribution in [3.63, 3.8) is 0 Å².